The van der Waals surface area contributed by atoms with Crippen molar-refractivity contribution in [2.75, 3.05) is 13.2 Å². The summed E-state index contributed by atoms with van der Waals surface area (Å²) in [5.41, 5.74) is 0. The molecule has 0 spiro atoms. The zero-order valence-corrected chi connectivity index (χ0v) is 33.7. The summed E-state index contributed by atoms with van der Waals surface area (Å²) in [5.74, 6) is -0.818. The lowest BCUT2D eigenvalue weighted by molar-refractivity contribution is -0.139. The Morgan fingerprint density at radius 3 is 1.06 bits per heavy atom. The molecule has 0 bridgehead atoms. The highest BCUT2D eigenvalue weighted by Gasteiger charge is 2.29. The van der Waals surface area contributed by atoms with E-state index in [1.807, 2.05) is 0 Å². The minimum Gasteiger partial charge on any atom is -0.394 e. The van der Waals surface area contributed by atoms with Crippen molar-refractivity contribution in [3.05, 3.63) is 0 Å². The summed E-state index contributed by atoms with van der Waals surface area (Å²) in [7, 11) is 0. The highest BCUT2D eigenvalue weighted by molar-refractivity contribution is 5.88. The molecule has 0 aliphatic heterocycles. The van der Waals surface area contributed by atoms with Crippen LogP contribution in [0.1, 0.15) is 226 Å². The Hall–Kier alpha value is -1.22. The van der Waals surface area contributed by atoms with E-state index in [9.17, 15) is 24.9 Å². The Kier molecular flexibility index (Phi) is 37.6. The lowest BCUT2D eigenvalue weighted by atomic mass is 9.99. The van der Waals surface area contributed by atoms with Gasteiger partial charge in [-0.25, -0.2) is 4.79 Å². The Balaban J connectivity index is 4.26. The van der Waals surface area contributed by atoms with Crippen LogP contribution in [0.15, 0.2) is 0 Å². The summed E-state index contributed by atoms with van der Waals surface area (Å²) < 4.78 is 0. The van der Waals surface area contributed by atoms with Crippen LogP contribution in [0.4, 0.5) is 4.79 Å². The van der Waals surface area contributed by atoms with Crippen LogP contribution >= 0.6 is 0 Å². The van der Waals surface area contributed by atoms with E-state index in [-0.39, 0.29) is 6.04 Å². The summed E-state index contributed by atoms with van der Waals surface area (Å²) in [6.07, 6.45) is 37.5. The van der Waals surface area contributed by atoms with E-state index >= 15 is 0 Å². The van der Waals surface area contributed by atoms with Gasteiger partial charge < -0.3 is 31.1 Å². The third-order valence-corrected chi connectivity index (χ3v) is 10.6. The average Bonchev–Trinajstić information content (AvgIpc) is 3.13. The van der Waals surface area contributed by atoms with Crippen LogP contribution in [0.2, 0.25) is 0 Å². The fourth-order valence-electron chi connectivity index (χ4n) is 7.01. The summed E-state index contributed by atoms with van der Waals surface area (Å²) in [6.45, 7) is 3.30. The molecule has 0 aromatic rings. The van der Waals surface area contributed by atoms with E-state index in [1.54, 1.807) is 0 Å². The van der Waals surface area contributed by atoms with E-state index < -0.39 is 43.3 Å². The molecule has 4 atom stereocenters. The number of ketones is 1. The van der Waals surface area contributed by atoms with Crippen LogP contribution in [-0.2, 0) is 4.79 Å². The number of hydrogen-bond donors (Lipinski definition) is 6. The zero-order chi connectivity index (χ0) is 37.6. The van der Waals surface area contributed by atoms with Crippen molar-refractivity contribution in [1.82, 2.24) is 10.6 Å². The van der Waals surface area contributed by atoms with Gasteiger partial charge in [-0.05, 0) is 12.8 Å². The van der Waals surface area contributed by atoms with Crippen LogP contribution in [0.5, 0.6) is 0 Å². The van der Waals surface area contributed by atoms with E-state index in [4.69, 9.17) is 5.11 Å². The first kappa shape index (κ1) is 49.8. The van der Waals surface area contributed by atoms with Crippen LogP contribution in [0, 0.1) is 0 Å². The fraction of sp³-hybridized carbons (Fsp3) is 0.953. The smallest absolute Gasteiger partial charge is 0.315 e. The maximum atomic E-state index is 12.7. The number of urea groups is 1. The Morgan fingerprint density at radius 1 is 0.471 bits per heavy atom. The zero-order valence-electron chi connectivity index (χ0n) is 33.7. The number of amides is 2. The normalized spacial score (nSPS) is 13.9. The topological polar surface area (TPSA) is 139 Å². The highest BCUT2D eigenvalue weighted by Crippen LogP contribution is 2.17. The first-order valence-corrected chi connectivity index (χ1v) is 22.1. The lowest BCUT2D eigenvalue weighted by Crippen LogP contribution is -2.49. The molecule has 0 aliphatic carbocycles. The molecule has 0 rings (SSSR count). The van der Waals surface area contributed by atoms with Gasteiger partial charge in [-0.2, -0.15) is 0 Å². The van der Waals surface area contributed by atoms with Crippen LogP contribution < -0.4 is 10.6 Å². The van der Waals surface area contributed by atoms with Crippen molar-refractivity contribution in [2.24, 2.45) is 0 Å². The molecule has 0 saturated heterocycles. The fourth-order valence-corrected chi connectivity index (χ4v) is 7.01. The number of aliphatic hydroxyl groups is 4. The predicted molar refractivity (Wildman–Crippen MR) is 214 cm³/mol. The van der Waals surface area contributed by atoms with Gasteiger partial charge in [0.05, 0.1) is 13.2 Å². The molecule has 1 unspecified atom stereocenters. The second-order valence-electron chi connectivity index (χ2n) is 15.5. The van der Waals surface area contributed by atoms with E-state index in [0.29, 0.717) is 0 Å². The van der Waals surface area contributed by atoms with Gasteiger partial charge in [0.2, 0.25) is 0 Å². The third-order valence-electron chi connectivity index (χ3n) is 10.6. The molecule has 0 radical (unpaired) electrons. The van der Waals surface area contributed by atoms with Gasteiger partial charge in [0.15, 0.2) is 5.78 Å². The largest absolute Gasteiger partial charge is 0.394 e. The molecular weight excluding hydrogens is 640 g/mol. The molecule has 8 nitrogen and oxygen atoms in total. The number of nitrogens with one attached hydrogen (secondary N) is 2. The monoisotopic (exact) mass is 727 g/mol. The molecule has 0 aromatic heterocycles. The highest BCUT2D eigenvalue weighted by atomic mass is 16.4. The van der Waals surface area contributed by atoms with Crippen molar-refractivity contribution >= 4 is 11.8 Å². The van der Waals surface area contributed by atoms with Crippen molar-refractivity contribution in [3.8, 4) is 0 Å². The Labute approximate surface area is 315 Å². The second-order valence-corrected chi connectivity index (χ2v) is 15.5. The minimum atomic E-state index is -1.88. The molecule has 0 aliphatic rings. The molecule has 8 heteroatoms. The molecule has 304 valence electrons. The molecule has 2 amide bonds. The molecule has 0 saturated carbocycles. The van der Waals surface area contributed by atoms with Crippen LogP contribution in [0.25, 0.3) is 0 Å². The molecule has 51 heavy (non-hydrogen) atoms. The molecule has 0 heterocycles. The first-order chi connectivity index (χ1) is 24.9. The molecule has 6 N–H and O–H groups in total. The summed E-state index contributed by atoms with van der Waals surface area (Å²) >= 11 is 0. The summed E-state index contributed by atoms with van der Waals surface area (Å²) in [5, 5.41) is 43.7. The molecular formula is C43H86N2O6. The number of carbonyl (C=O) groups is 2. The van der Waals surface area contributed by atoms with E-state index in [1.165, 1.54) is 173 Å². The second kappa shape index (κ2) is 38.5. The van der Waals surface area contributed by atoms with Crippen LogP contribution in [-0.4, -0.2) is 69.7 Å². The standard InChI is InChI=1S/C43H86N2O6/c1-3-5-7-9-11-13-15-17-19-21-23-25-27-29-31-33-35-38(45-43(51)44-36-39(47)41(49)42(50)40(48)37-46)34-32-30-28-26-24-22-20-18-16-14-12-10-8-6-4-2/h38,40-42,46,48-50H,3-37H2,1-2H3,(H2,44,45,51)/t38?,40-,41-,42+/m1/s1. The van der Waals surface area contributed by atoms with Gasteiger partial charge in [-0.3, -0.25) is 4.79 Å². The third kappa shape index (κ3) is 33.1. The van der Waals surface area contributed by atoms with Gasteiger partial charge >= 0.3 is 6.03 Å². The van der Waals surface area contributed by atoms with E-state index in [0.717, 1.165) is 38.5 Å². The summed E-state index contributed by atoms with van der Waals surface area (Å²) in [6, 6.07) is -0.435. The van der Waals surface area contributed by atoms with Crippen LogP contribution in [0.3, 0.4) is 0 Å². The minimum absolute atomic E-state index is 0.0282. The van der Waals surface area contributed by atoms with Crippen molar-refractivity contribution in [3.63, 3.8) is 0 Å². The lowest BCUT2D eigenvalue weighted by Gasteiger charge is -2.22. The Bertz CT molecular complexity index is 754. The number of unbranched alkanes of at least 4 members (excludes halogenated alkanes) is 29. The van der Waals surface area contributed by atoms with E-state index in [2.05, 4.69) is 24.5 Å². The molecule has 0 aromatic carbocycles. The van der Waals surface area contributed by atoms with Crippen molar-refractivity contribution in [2.45, 2.75) is 250 Å². The predicted octanol–water partition coefficient (Wildman–Crippen LogP) is 10.2. The number of hydrogen-bond acceptors (Lipinski definition) is 6. The number of rotatable bonds is 40. The maximum Gasteiger partial charge on any atom is 0.315 e. The van der Waals surface area contributed by atoms with Crippen molar-refractivity contribution in [1.29, 1.82) is 0 Å². The summed E-state index contributed by atoms with van der Waals surface area (Å²) in [4.78, 5) is 24.9. The van der Waals surface area contributed by atoms with Crippen molar-refractivity contribution < 1.29 is 30.0 Å². The maximum absolute atomic E-state index is 12.7. The SMILES string of the molecule is CCCCCCCCCCCCCCCCCCC(CCCCCCCCCCCCCCCCC)NC(=O)NCC(=O)[C@@H](O)[C@@H](O)[C@H](O)CO. The van der Waals surface area contributed by atoms with Gasteiger partial charge in [0, 0.05) is 6.04 Å². The quantitative estimate of drug-likeness (QED) is 0.0348. The average molecular weight is 727 g/mol. The first-order valence-electron chi connectivity index (χ1n) is 22.1. The van der Waals surface area contributed by atoms with Gasteiger partial charge in [0.25, 0.3) is 0 Å². The number of carbonyl (C=O) groups excluding carboxylic acids is 2. The van der Waals surface area contributed by atoms with Gasteiger partial charge in [-0.1, -0.05) is 213 Å². The van der Waals surface area contributed by atoms with Gasteiger partial charge in [-0.15, -0.1) is 0 Å². The molecule has 0 fully saturated rings. The number of aliphatic hydroxyl groups excluding tert-OH is 4. The number of Topliss-reactive ketones (excluding diaryl/α,β-unsaturated/α-hetero) is 1. The Morgan fingerprint density at radius 2 is 0.765 bits per heavy atom. The van der Waals surface area contributed by atoms with Gasteiger partial charge in [0.1, 0.15) is 18.3 Å².